The van der Waals surface area contributed by atoms with E-state index in [2.05, 4.69) is 0 Å². The van der Waals surface area contributed by atoms with Gasteiger partial charge in [-0.25, -0.2) is 8.78 Å². The van der Waals surface area contributed by atoms with E-state index < -0.39 is 11.5 Å². The molecule has 0 saturated carbocycles. The van der Waals surface area contributed by atoms with E-state index >= 15 is 0 Å². The first kappa shape index (κ1) is 10.9. The van der Waals surface area contributed by atoms with Crippen LogP contribution >= 0.6 is 0 Å². The Morgan fingerprint density at radius 1 is 1.54 bits per heavy atom. The van der Waals surface area contributed by atoms with Crippen LogP contribution < -0.4 is 5.73 Å². The Balaban J connectivity index is 2.54. The quantitative estimate of drug-likeness (QED) is 0.717. The van der Waals surface area contributed by atoms with E-state index in [1.807, 2.05) is 11.9 Å². The summed E-state index contributed by atoms with van der Waals surface area (Å²) < 4.78 is 25.6. The Kier molecular flexibility index (Phi) is 2.92. The molecule has 1 aliphatic heterocycles. The van der Waals surface area contributed by atoms with Gasteiger partial charge in [0.15, 0.2) is 0 Å². The molecule has 0 amide bonds. The Morgan fingerprint density at radius 3 is 2.62 bits per heavy atom. The molecule has 1 saturated heterocycles. The molecule has 0 aromatic carbocycles. The van der Waals surface area contributed by atoms with Crippen molar-refractivity contribution in [3.8, 4) is 0 Å². The average Bonchev–Trinajstić information content (AvgIpc) is 1.79. The highest BCUT2D eigenvalue weighted by atomic mass is 19.3. The zero-order valence-corrected chi connectivity index (χ0v) is 8.32. The van der Waals surface area contributed by atoms with Crippen molar-refractivity contribution in [1.82, 2.24) is 4.90 Å². The van der Waals surface area contributed by atoms with Gasteiger partial charge < -0.3 is 10.6 Å². The summed E-state index contributed by atoms with van der Waals surface area (Å²) >= 11 is 0. The number of nitrogens with zero attached hydrogens (tertiary/aromatic N) is 1. The van der Waals surface area contributed by atoms with Crippen LogP contribution in [0.1, 0.15) is 26.2 Å². The number of rotatable bonds is 2. The fourth-order valence-corrected chi connectivity index (χ4v) is 2.16. The highest BCUT2D eigenvalue weighted by Crippen LogP contribution is 2.29. The first-order valence-corrected chi connectivity index (χ1v) is 4.66. The third-order valence-electron chi connectivity index (χ3n) is 2.46. The minimum Gasteiger partial charge on any atom is -0.324 e. The maximum Gasteiger partial charge on any atom is 0.247 e. The van der Waals surface area contributed by atoms with Gasteiger partial charge in [0.05, 0.1) is 0 Å². The molecule has 1 atom stereocenters. The second-order valence-electron chi connectivity index (χ2n) is 4.45. The maximum atomic E-state index is 12.8. The van der Waals surface area contributed by atoms with Crippen LogP contribution in [0.25, 0.3) is 0 Å². The number of alkyl halides is 2. The third kappa shape index (κ3) is 3.56. The van der Waals surface area contributed by atoms with Crippen molar-refractivity contribution in [2.24, 2.45) is 5.73 Å². The van der Waals surface area contributed by atoms with Crippen molar-refractivity contribution in [2.45, 2.75) is 37.6 Å². The number of likely N-dealkylation sites (N-methyl/N-ethyl adjacent to an activating group) is 1. The first-order valence-electron chi connectivity index (χ1n) is 4.66. The van der Waals surface area contributed by atoms with E-state index in [1.165, 1.54) is 0 Å². The lowest BCUT2D eigenvalue weighted by Gasteiger charge is -2.39. The highest BCUT2D eigenvalue weighted by molar-refractivity contribution is 4.93. The van der Waals surface area contributed by atoms with Crippen molar-refractivity contribution in [3.05, 3.63) is 0 Å². The number of hydrogen-bond donors (Lipinski definition) is 1. The molecule has 2 N–H and O–H groups in total. The largest absolute Gasteiger partial charge is 0.324 e. The molecule has 0 aromatic rings. The van der Waals surface area contributed by atoms with Crippen LogP contribution in [0.3, 0.4) is 0 Å². The van der Waals surface area contributed by atoms with Gasteiger partial charge in [0.2, 0.25) is 5.92 Å². The minimum absolute atomic E-state index is 0.204. The smallest absolute Gasteiger partial charge is 0.247 e. The van der Waals surface area contributed by atoms with Gasteiger partial charge in [-0.3, -0.25) is 0 Å². The molecular weight excluding hydrogens is 174 g/mol. The van der Waals surface area contributed by atoms with Crippen LogP contribution in [0.5, 0.6) is 0 Å². The van der Waals surface area contributed by atoms with Gasteiger partial charge >= 0.3 is 0 Å². The Bertz CT molecular complexity index is 179. The normalized spacial score (nSPS) is 32.1. The molecule has 2 nitrogen and oxygen atoms in total. The average molecular weight is 192 g/mol. The summed E-state index contributed by atoms with van der Waals surface area (Å²) in [4.78, 5) is 2.02. The number of nitrogens with two attached hydrogens (primary N) is 1. The number of likely N-dealkylation sites (tertiary alicyclic amines) is 1. The van der Waals surface area contributed by atoms with Crippen LogP contribution in [-0.4, -0.2) is 36.5 Å². The van der Waals surface area contributed by atoms with Crippen molar-refractivity contribution in [1.29, 1.82) is 0 Å². The molecule has 0 aliphatic carbocycles. The summed E-state index contributed by atoms with van der Waals surface area (Å²) in [6, 6.07) is 0. The molecule has 0 spiro atoms. The summed E-state index contributed by atoms with van der Waals surface area (Å²) in [6.45, 7) is 2.49. The zero-order chi connectivity index (χ0) is 10.1. The Labute approximate surface area is 78.1 Å². The molecule has 1 rings (SSSR count). The molecule has 0 aromatic heterocycles. The van der Waals surface area contributed by atoms with E-state index in [9.17, 15) is 8.78 Å². The minimum atomic E-state index is -2.65. The van der Waals surface area contributed by atoms with Crippen LogP contribution in [0.4, 0.5) is 8.78 Å². The third-order valence-corrected chi connectivity index (χ3v) is 2.46. The molecule has 0 bridgehead atoms. The molecule has 1 unspecified atom stereocenters. The Hall–Kier alpha value is -0.220. The van der Waals surface area contributed by atoms with Gasteiger partial charge in [0.25, 0.3) is 0 Å². The summed E-state index contributed by atoms with van der Waals surface area (Å²) in [6.07, 6.45) is 1.42. The van der Waals surface area contributed by atoms with Crippen molar-refractivity contribution >= 4 is 0 Å². The van der Waals surface area contributed by atoms with E-state index in [-0.39, 0.29) is 6.42 Å². The van der Waals surface area contributed by atoms with Crippen molar-refractivity contribution in [2.75, 3.05) is 20.1 Å². The molecule has 1 aliphatic rings. The molecule has 1 heterocycles. The van der Waals surface area contributed by atoms with E-state index in [0.717, 1.165) is 19.9 Å². The highest BCUT2D eigenvalue weighted by Gasteiger charge is 2.38. The molecule has 4 heteroatoms. The van der Waals surface area contributed by atoms with Gasteiger partial charge in [-0.05, 0) is 33.4 Å². The summed E-state index contributed by atoms with van der Waals surface area (Å²) in [7, 11) is 1.93. The SMILES string of the molecule is CN1CCCC(N)(CC(C)(F)F)C1. The standard InChI is InChI=1S/C9H18F2N2/c1-8(10,11)6-9(12)4-3-5-13(2)7-9/h3-7,12H2,1-2H3. The molecule has 0 radical (unpaired) electrons. The van der Waals surface area contributed by atoms with Crippen LogP contribution in [0, 0.1) is 0 Å². The molecular formula is C9H18F2N2. The summed E-state index contributed by atoms with van der Waals surface area (Å²) in [5.41, 5.74) is 5.22. The molecule has 13 heavy (non-hydrogen) atoms. The topological polar surface area (TPSA) is 29.3 Å². The predicted octanol–water partition coefficient (Wildman–Crippen LogP) is 1.45. The zero-order valence-electron chi connectivity index (χ0n) is 8.32. The van der Waals surface area contributed by atoms with Crippen molar-refractivity contribution < 1.29 is 8.78 Å². The second kappa shape index (κ2) is 3.50. The number of halogens is 2. The second-order valence-corrected chi connectivity index (χ2v) is 4.45. The molecule has 78 valence electrons. The number of piperidine rings is 1. The van der Waals surface area contributed by atoms with Crippen LogP contribution in [0.2, 0.25) is 0 Å². The summed E-state index contributed by atoms with van der Waals surface area (Å²) in [5.74, 6) is -2.65. The fourth-order valence-electron chi connectivity index (χ4n) is 2.16. The maximum absolute atomic E-state index is 12.8. The Morgan fingerprint density at radius 2 is 2.15 bits per heavy atom. The predicted molar refractivity (Wildman–Crippen MR) is 48.9 cm³/mol. The fraction of sp³-hybridized carbons (Fsp3) is 1.00. The van der Waals surface area contributed by atoms with Gasteiger partial charge in [-0.2, -0.15) is 0 Å². The lowest BCUT2D eigenvalue weighted by Crippen LogP contribution is -2.55. The van der Waals surface area contributed by atoms with E-state index in [1.54, 1.807) is 0 Å². The van der Waals surface area contributed by atoms with Gasteiger partial charge in [-0.15, -0.1) is 0 Å². The van der Waals surface area contributed by atoms with E-state index in [0.29, 0.717) is 13.0 Å². The van der Waals surface area contributed by atoms with E-state index in [4.69, 9.17) is 5.73 Å². The lowest BCUT2D eigenvalue weighted by molar-refractivity contribution is -0.0215. The van der Waals surface area contributed by atoms with Crippen molar-refractivity contribution in [3.63, 3.8) is 0 Å². The van der Waals surface area contributed by atoms with Crippen LogP contribution in [0.15, 0.2) is 0 Å². The van der Waals surface area contributed by atoms with Crippen LogP contribution in [-0.2, 0) is 0 Å². The lowest BCUT2D eigenvalue weighted by atomic mass is 9.85. The molecule has 1 fully saturated rings. The van der Waals surface area contributed by atoms with Gasteiger partial charge in [0.1, 0.15) is 0 Å². The monoisotopic (exact) mass is 192 g/mol. The number of hydrogen-bond acceptors (Lipinski definition) is 2. The summed E-state index contributed by atoms with van der Waals surface area (Å²) in [5, 5.41) is 0. The first-order chi connectivity index (χ1) is 5.81. The van der Waals surface area contributed by atoms with Gasteiger partial charge in [-0.1, -0.05) is 0 Å². The van der Waals surface area contributed by atoms with Gasteiger partial charge in [0, 0.05) is 18.5 Å².